The lowest BCUT2D eigenvalue weighted by molar-refractivity contribution is -0.673. The molecule has 0 aromatic heterocycles. The Morgan fingerprint density at radius 1 is 0.867 bits per heavy atom. The van der Waals surface area contributed by atoms with E-state index in [9.17, 15) is 0 Å². The fourth-order valence-electron chi connectivity index (χ4n) is 2.16. The Balaban J connectivity index is 5.29. The molecule has 0 N–H and O–H groups in total. The lowest BCUT2D eigenvalue weighted by atomic mass is 9.68. The Labute approximate surface area is 96.6 Å². The van der Waals surface area contributed by atoms with Crippen LogP contribution in [0.25, 0.3) is 0 Å². The zero-order chi connectivity index (χ0) is 12.5. The van der Waals surface area contributed by atoms with Crippen LogP contribution in [0.5, 0.6) is 0 Å². The third-order valence-corrected chi connectivity index (χ3v) is 4.44. The Kier molecular flexibility index (Phi) is 4.18. The zero-order valence-corrected chi connectivity index (χ0v) is 12.1. The van der Waals surface area contributed by atoms with Gasteiger partial charge in [0.25, 0.3) is 0 Å². The van der Waals surface area contributed by atoms with Gasteiger partial charge in [-0.1, -0.05) is 27.7 Å². The van der Waals surface area contributed by atoms with E-state index in [4.69, 9.17) is 0 Å². The highest BCUT2D eigenvalue weighted by Crippen LogP contribution is 2.41. The van der Waals surface area contributed by atoms with Gasteiger partial charge in [0, 0.05) is 18.8 Å². The molecule has 90 valence electrons. The van der Waals surface area contributed by atoms with Gasteiger partial charge in [0.2, 0.25) is 0 Å². The van der Waals surface area contributed by atoms with Gasteiger partial charge in [-0.25, -0.2) is 4.58 Å². The molecule has 0 aromatic rings. The molecule has 1 heteroatoms. The van der Waals surface area contributed by atoms with Crippen molar-refractivity contribution in [2.24, 2.45) is 5.41 Å². The van der Waals surface area contributed by atoms with Crippen molar-refractivity contribution in [2.75, 3.05) is 0 Å². The normalized spacial score (nSPS) is 17.3. The van der Waals surface area contributed by atoms with Crippen molar-refractivity contribution in [1.82, 2.24) is 0 Å². The van der Waals surface area contributed by atoms with E-state index < -0.39 is 0 Å². The molecule has 15 heavy (non-hydrogen) atoms. The number of hydrogen-bond acceptors (Lipinski definition) is 0. The maximum atomic E-state index is 4.30. The molecule has 0 rings (SSSR count). The van der Waals surface area contributed by atoms with Crippen LogP contribution in [0, 0.1) is 5.41 Å². The topological polar surface area (TPSA) is 3.01 Å². The first-order valence-electron chi connectivity index (χ1n) is 6.13. The molecule has 0 radical (unpaired) electrons. The van der Waals surface area contributed by atoms with Crippen molar-refractivity contribution in [3.8, 4) is 0 Å². The van der Waals surface area contributed by atoms with E-state index in [2.05, 4.69) is 66.7 Å². The van der Waals surface area contributed by atoms with Gasteiger partial charge in [0.05, 0.1) is 0 Å². The van der Waals surface area contributed by atoms with E-state index in [-0.39, 0.29) is 16.5 Å². The molecular weight excluding hydrogens is 182 g/mol. The molecule has 0 spiro atoms. The third-order valence-electron chi connectivity index (χ3n) is 4.44. The van der Waals surface area contributed by atoms with Gasteiger partial charge in [-0.05, 0) is 27.2 Å². The highest BCUT2D eigenvalue weighted by atomic mass is 15.1. The lowest BCUT2D eigenvalue weighted by Crippen LogP contribution is -2.56. The van der Waals surface area contributed by atoms with Gasteiger partial charge in [-0.15, -0.1) is 0 Å². The van der Waals surface area contributed by atoms with E-state index >= 15 is 0 Å². The average Bonchev–Trinajstić information content (AvgIpc) is 2.13. The molecule has 0 heterocycles. The molecule has 0 aromatic carbocycles. The smallest absolute Gasteiger partial charge is 0.164 e. The summed E-state index contributed by atoms with van der Waals surface area (Å²) in [6.45, 7) is 22.6. The van der Waals surface area contributed by atoms with Crippen LogP contribution in [0.1, 0.15) is 68.2 Å². The quantitative estimate of drug-likeness (QED) is 0.487. The Morgan fingerprint density at radius 2 is 1.27 bits per heavy atom. The first-order chi connectivity index (χ1) is 6.53. The van der Waals surface area contributed by atoms with Crippen LogP contribution in [0.3, 0.4) is 0 Å². The van der Waals surface area contributed by atoms with Gasteiger partial charge in [0.15, 0.2) is 11.1 Å². The molecule has 0 fully saturated rings. The molecule has 1 nitrogen and oxygen atoms in total. The van der Waals surface area contributed by atoms with Crippen molar-refractivity contribution in [2.45, 2.75) is 79.3 Å². The first kappa shape index (κ1) is 14.7. The van der Waals surface area contributed by atoms with Gasteiger partial charge >= 0.3 is 0 Å². The predicted molar refractivity (Wildman–Crippen MR) is 69.9 cm³/mol. The Bertz CT molecular complexity index is 232. The van der Waals surface area contributed by atoms with Gasteiger partial charge in [-0.3, -0.25) is 0 Å². The molecular formula is C14H30N+. The van der Waals surface area contributed by atoms with Gasteiger partial charge in [-0.2, -0.15) is 0 Å². The van der Waals surface area contributed by atoms with Crippen LogP contribution in [0.15, 0.2) is 0 Å². The van der Waals surface area contributed by atoms with E-state index in [0.29, 0.717) is 0 Å². The van der Waals surface area contributed by atoms with Crippen LogP contribution in [-0.2, 0) is 0 Å². The van der Waals surface area contributed by atoms with Gasteiger partial charge in [0.1, 0.15) is 6.72 Å². The predicted octanol–water partition coefficient (Wildman–Crippen LogP) is 4.10. The van der Waals surface area contributed by atoms with Crippen LogP contribution < -0.4 is 0 Å². The summed E-state index contributed by atoms with van der Waals surface area (Å²) in [7, 11) is 0. The Morgan fingerprint density at radius 3 is 1.47 bits per heavy atom. The molecule has 1 unspecified atom stereocenters. The van der Waals surface area contributed by atoms with Crippen LogP contribution in [0.2, 0.25) is 0 Å². The van der Waals surface area contributed by atoms with E-state index in [1.165, 1.54) is 6.42 Å². The average molecular weight is 212 g/mol. The molecule has 0 aliphatic heterocycles. The molecule has 0 amide bonds. The highest BCUT2D eigenvalue weighted by molar-refractivity contribution is 5.17. The number of nitrogens with zero attached hydrogens (tertiary/aromatic N) is 1. The summed E-state index contributed by atoms with van der Waals surface area (Å²) >= 11 is 0. The summed E-state index contributed by atoms with van der Waals surface area (Å²) in [6.07, 6.45) is 2.31. The summed E-state index contributed by atoms with van der Waals surface area (Å²) in [5, 5.41) is 0. The molecule has 1 atom stereocenters. The van der Waals surface area contributed by atoms with E-state index in [0.717, 1.165) is 6.42 Å². The van der Waals surface area contributed by atoms with Crippen molar-refractivity contribution < 1.29 is 4.58 Å². The second-order valence-electron chi connectivity index (χ2n) is 6.46. The van der Waals surface area contributed by atoms with E-state index in [1.807, 2.05) is 0 Å². The van der Waals surface area contributed by atoms with Gasteiger partial charge < -0.3 is 0 Å². The molecule has 0 aliphatic carbocycles. The standard InChI is InChI=1S/C14H30N/c1-10-13(6,7)14(8,11-2)15(9)12(3,4)5/h9-11H2,1-8H3/q+1. The minimum atomic E-state index is 0.122. The zero-order valence-electron chi connectivity index (χ0n) is 12.1. The van der Waals surface area contributed by atoms with E-state index in [1.54, 1.807) is 0 Å². The minimum absolute atomic E-state index is 0.122. The fourth-order valence-corrected chi connectivity index (χ4v) is 2.16. The largest absolute Gasteiger partial charge is 0.232 e. The maximum Gasteiger partial charge on any atom is 0.164 e. The SMILES string of the molecule is C=[N+](C(C)(C)C)C(C)(CC)C(C)(C)CC. The second kappa shape index (κ2) is 4.27. The summed E-state index contributed by atoms with van der Waals surface area (Å²) in [5.41, 5.74) is 0.563. The highest BCUT2D eigenvalue weighted by Gasteiger charge is 2.50. The van der Waals surface area contributed by atoms with Crippen molar-refractivity contribution in [3.05, 3.63) is 0 Å². The lowest BCUT2D eigenvalue weighted by Gasteiger charge is -2.43. The Hall–Kier alpha value is -0.330. The first-order valence-corrected chi connectivity index (χ1v) is 6.13. The maximum absolute atomic E-state index is 4.30. The van der Waals surface area contributed by atoms with Crippen LogP contribution in [-0.4, -0.2) is 22.4 Å². The molecule has 0 aliphatic rings. The van der Waals surface area contributed by atoms with Crippen LogP contribution >= 0.6 is 0 Å². The number of hydrogen-bond donors (Lipinski definition) is 0. The van der Waals surface area contributed by atoms with Crippen molar-refractivity contribution >= 4 is 6.72 Å². The molecule has 0 saturated carbocycles. The third kappa shape index (κ3) is 2.62. The summed E-state index contributed by atoms with van der Waals surface area (Å²) < 4.78 is 2.30. The number of rotatable bonds is 4. The molecule has 0 saturated heterocycles. The fraction of sp³-hybridized carbons (Fsp3) is 0.929. The van der Waals surface area contributed by atoms with Crippen LogP contribution in [0.4, 0.5) is 0 Å². The summed E-state index contributed by atoms with van der Waals surface area (Å²) in [5.74, 6) is 0. The summed E-state index contributed by atoms with van der Waals surface area (Å²) in [4.78, 5) is 0. The molecule has 0 bridgehead atoms. The van der Waals surface area contributed by atoms with Crippen molar-refractivity contribution in [3.63, 3.8) is 0 Å². The monoisotopic (exact) mass is 212 g/mol. The minimum Gasteiger partial charge on any atom is -0.232 e. The van der Waals surface area contributed by atoms with Crippen molar-refractivity contribution in [1.29, 1.82) is 0 Å². The second-order valence-corrected chi connectivity index (χ2v) is 6.46. The summed E-state index contributed by atoms with van der Waals surface area (Å²) in [6, 6.07) is 0.